The van der Waals surface area contributed by atoms with Crippen molar-refractivity contribution in [2.75, 3.05) is 12.8 Å². The van der Waals surface area contributed by atoms with Crippen molar-refractivity contribution >= 4 is 23.6 Å². The number of amides is 2. The van der Waals surface area contributed by atoms with Crippen LogP contribution >= 0.6 is 11.8 Å². The van der Waals surface area contributed by atoms with Crippen LogP contribution in [0.15, 0.2) is 0 Å². The highest BCUT2D eigenvalue weighted by molar-refractivity contribution is 7.99. The highest BCUT2D eigenvalue weighted by Crippen LogP contribution is 2.27. The van der Waals surface area contributed by atoms with Crippen molar-refractivity contribution < 1.29 is 9.59 Å². The number of nitrogens with zero attached hydrogens (tertiary/aromatic N) is 1. The van der Waals surface area contributed by atoms with Crippen LogP contribution in [0, 0.1) is 5.92 Å². The van der Waals surface area contributed by atoms with E-state index in [2.05, 4.69) is 19.2 Å². The average Bonchev–Trinajstić information content (AvgIpc) is 2.24. The van der Waals surface area contributed by atoms with E-state index in [1.807, 2.05) is 20.1 Å². The molecule has 1 heterocycles. The number of hydrogen-bond acceptors (Lipinski definition) is 3. The monoisotopic (exact) mass is 272 g/mol. The molecule has 2 unspecified atom stereocenters. The van der Waals surface area contributed by atoms with Crippen molar-refractivity contribution in [3.8, 4) is 0 Å². The smallest absolute Gasteiger partial charge is 0.245 e. The Morgan fingerprint density at radius 1 is 1.39 bits per heavy atom. The summed E-state index contributed by atoms with van der Waals surface area (Å²) in [6, 6.07) is -0.759. The van der Waals surface area contributed by atoms with Crippen LogP contribution in [0.1, 0.15) is 34.6 Å². The zero-order valence-corrected chi connectivity index (χ0v) is 12.9. The minimum Gasteiger partial charge on any atom is -0.343 e. The molecule has 1 aliphatic heterocycles. The van der Waals surface area contributed by atoms with Crippen LogP contribution in [0.4, 0.5) is 0 Å². The lowest BCUT2D eigenvalue weighted by Gasteiger charge is -2.43. The molecule has 0 bridgehead atoms. The Hall–Kier alpha value is -0.710. The Balaban J connectivity index is 2.99. The zero-order valence-electron chi connectivity index (χ0n) is 12.1. The second kappa shape index (κ2) is 5.51. The minimum absolute atomic E-state index is 0.0235. The molecule has 1 fully saturated rings. The summed E-state index contributed by atoms with van der Waals surface area (Å²) in [5.74, 6) is 0.114. The van der Waals surface area contributed by atoms with Crippen LogP contribution in [-0.4, -0.2) is 46.3 Å². The van der Waals surface area contributed by atoms with E-state index in [1.165, 1.54) is 0 Å². The van der Waals surface area contributed by atoms with Crippen LogP contribution in [0.5, 0.6) is 0 Å². The van der Waals surface area contributed by atoms with Crippen molar-refractivity contribution in [3.63, 3.8) is 0 Å². The predicted octanol–water partition coefficient (Wildman–Crippen LogP) is 1.50. The average molecular weight is 272 g/mol. The van der Waals surface area contributed by atoms with Gasteiger partial charge in [-0.3, -0.25) is 9.59 Å². The van der Waals surface area contributed by atoms with Gasteiger partial charge in [0.05, 0.1) is 0 Å². The third-order valence-electron chi connectivity index (χ3n) is 3.35. The van der Waals surface area contributed by atoms with E-state index in [-0.39, 0.29) is 28.5 Å². The fourth-order valence-corrected chi connectivity index (χ4v) is 2.47. The highest BCUT2D eigenvalue weighted by atomic mass is 32.2. The predicted molar refractivity (Wildman–Crippen MR) is 75.5 cm³/mol. The Morgan fingerprint density at radius 2 is 1.94 bits per heavy atom. The van der Waals surface area contributed by atoms with Gasteiger partial charge in [-0.2, -0.15) is 11.8 Å². The van der Waals surface area contributed by atoms with Gasteiger partial charge in [-0.15, -0.1) is 0 Å². The van der Waals surface area contributed by atoms with Crippen molar-refractivity contribution in [1.29, 1.82) is 0 Å². The molecule has 1 saturated heterocycles. The summed E-state index contributed by atoms with van der Waals surface area (Å²) in [6.07, 6.45) is 2.03. The lowest BCUT2D eigenvalue weighted by Crippen LogP contribution is -2.65. The number of carbonyl (C=O) groups excluding carboxylic acids is 2. The third kappa shape index (κ3) is 3.19. The summed E-state index contributed by atoms with van der Waals surface area (Å²) in [4.78, 5) is 26.1. The molecule has 0 saturated carbocycles. The van der Waals surface area contributed by atoms with Gasteiger partial charge < -0.3 is 10.2 Å². The summed E-state index contributed by atoms with van der Waals surface area (Å²) >= 11 is 1.71. The molecule has 104 valence electrons. The summed E-state index contributed by atoms with van der Waals surface area (Å²) in [7, 11) is 0. The molecule has 1 rings (SSSR count). The molecule has 18 heavy (non-hydrogen) atoms. The number of carbonyl (C=O) groups is 2. The Labute approximate surface area is 114 Å². The fraction of sp³-hybridized carbons (Fsp3) is 0.846. The molecule has 0 spiro atoms. The quantitative estimate of drug-likeness (QED) is 0.844. The van der Waals surface area contributed by atoms with E-state index in [0.717, 1.165) is 0 Å². The number of nitrogens with one attached hydrogen (secondary N) is 1. The molecule has 1 aliphatic rings. The SMILES string of the molecule is CSC(C)(C)CN1C(=O)C(C)NC(=O)C1C(C)C. The lowest BCUT2D eigenvalue weighted by molar-refractivity contribution is -0.150. The molecule has 4 nitrogen and oxygen atoms in total. The Morgan fingerprint density at radius 3 is 2.39 bits per heavy atom. The van der Waals surface area contributed by atoms with E-state index in [9.17, 15) is 9.59 Å². The van der Waals surface area contributed by atoms with E-state index in [0.29, 0.717) is 6.54 Å². The van der Waals surface area contributed by atoms with E-state index >= 15 is 0 Å². The van der Waals surface area contributed by atoms with Gasteiger partial charge in [0, 0.05) is 11.3 Å². The summed E-state index contributed by atoms with van der Waals surface area (Å²) < 4.78 is -0.0415. The van der Waals surface area contributed by atoms with Crippen LogP contribution < -0.4 is 5.32 Å². The third-order valence-corrected chi connectivity index (χ3v) is 4.59. The number of piperazine rings is 1. The number of rotatable bonds is 4. The number of hydrogen-bond donors (Lipinski definition) is 1. The molecular weight excluding hydrogens is 248 g/mol. The Kier molecular flexibility index (Phi) is 4.70. The standard InChI is InChI=1S/C13H24N2O2S/c1-8(2)10-11(16)14-9(3)12(17)15(10)7-13(4,5)18-6/h8-10H,7H2,1-6H3,(H,14,16). The first kappa shape index (κ1) is 15.3. The second-order valence-electron chi connectivity index (χ2n) is 5.85. The molecular formula is C13H24N2O2S. The van der Waals surface area contributed by atoms with Crippen LogP contribution in [0.25, 0.3) is 0 Å². The lowest BCUT2D eigenvalue weighted by atomic mass is 9.96. The first-order valence-electron chi connectivity index (χ1n) is 6.35. The van der Waals surface area contributed by atoms with Crippen molar-refractivity contribution in [2.45, 2.75) is 51.4 Å². The topological polar surface area (TPSA) is 49.4 Å². The molecule has 0 aromatic heterocycles. The molecule has 2 atom stereocenters. The maximum atomic E-state index is 12.3. The van der Waals surface area contributed by atoms with Crippen LogP contribution in [0.2, 0.25) is 0 Å². The molecule has 0 aromatic rings. The second-order valence-corrected chi connectivity index (χ2v) is 7.36. The summed E-state index contributed by atoms with van der Waals surface area (Å²) in [5.41, 5.74) is 0. The van der Waals surface area contributed by atoms with Gasteiger partial charge in [0.25, 0.3) is 0 Å². The first-order chi connectivity index (χ1) is 8.19. The largest absolute Gasteiger partial charge is 0.343 e. The Bertz CT molecular complexity index is 342. The normalized spacial score (nSPS) is 25.6. The van der Waals surface area contributed by atoms with E-state index < -0.39 is 6.04 Å². The van der Waals surface area contributed by atoms with Gasteiger partial charge in [0.1, 0.15) is 12.1 Å². The van der Waals surface area contributed by atoms with Crippen molar-refractivity contribution in [1.82, 2.24) is 10.2 Å². The first-order valence-corrected chi connectivity index (χ1v) is 7.58. The van der Waals surface area contributed by atoms with Crippen LogP contribution in [0.3, 0.4) is 0 Å². The fourth-order valence-electron chi connectivity index (χ4n) is 2.20. The summed E-state index contributed by atoms with van der Waals surface area (Å²) in [5, 5.41) is 2.76. The summed E-state index contributed by atoms with van der Waals surface area (Å²) in [6.45, 7) is 10.5. The van der Waals surface area contributed by atoms with Gasteiger partial charge in [0.2, 0.25) is 11.8 Å². The van der Waals surface area contributed by atoms with Crippen molar-refractivity contribution in [2.24, 2.45) is 5.92 Å². The van der Waals surface area contributed by atoms with Gasteiger partial charge in [0.15, 0.2) is 0 Å². The molecule has 0 aliphatic carbocycles. The molecule has 5 heteroatoms. The molecule has 1 N–H and O–H groups in total. The van der Waals surface area contributed by atoms with Gasteiger partial charge in [-0.1, -0.05) is 13.8 Å². The van der Waals surface area contributed by atoms with Crippen LogP contribution in [-0.2, 0) is 9.59 Å². The molecule has 0 radical (unpaired) electrons. The number of thioether (sulfide) groups is 1. The van der Waals surface area contributed by atoms with Gasteiger partial charge >= 0.3 is 0 Å². The van der Waals surface area contributed by atoms with E-state index in [1.54, 1.807) is 23.6 Å². The van der Waals surface area contributed by atoms with Gasteiger partial charge in [-0.05, 0) is 32.9 Å². The maximum absolute atomic E-state index is 12.3. The van der Waals surface area contributed by atoms with Gasteiger partial charge in [-0.25, -0.2) is 0 Å². The zero-order chi connectivity index (χ0) is 14.1. The maximum Gasteiger partial charge on any atom is 0.245 e. The highest BCUT2D eigenvalue weighted by Gasteiger charge is 2.41. The molecule has 2 amide bonds. The molecule has 0 aromatic carbocycles. The van der Waals surface area contributed by atoms with E-state index in [4.69, 9.17) is 0 Å². The minimum atomic E-state index is -0.412. The van der Waals surface area contributed by atoms with Crippen molar-refractivity contribution in [3.05, 3.63) is 0 Å².